The smallest absolute Gasteiger partial charge is 0.0438 e. The number of fused-ring (bicyclic) bond motifs is 1. The molecule has 1 aliphatic carbocycles. The van der Waals surface area contributed by atoms with Crippen molar-refractivity contribution in [1.82, 2.24) is 4.98 Å². The van der Waals surface area contributed by atoms with Gasteiger partial charge in [0.05, 0.1) is 0 Å². The number of hydrogen-bond acceptors (Lipinski definition) is 1. The van der Waals surface area contributed by atoms with Crippen molar-refractivity contribution in [2.45, 2.75) is 37.3 Å². The van der Waals surface area contributed by atoms with E-state index in [0.717, 1.165) is 12.8 Å². The maximum absolute atomic E-state index is 5.04. The molecule has 0 bridgehead atoms. The molecule has 1 nitrogen and oxygen atoms in total. The molecule has 0 N–H and O–H groups in total. The van der Waals surface area contributed by atoms with Crippen LogP contribution >= 0.6 is 9.24 Å². The highest BCUT2D eigenvalue weighted by Gasteiger charge is 2.30. The molecule has 0 amide bonds. The van der Waals surface area contributed by atoms with Crippen molar-refractivity contribution in [2.24, 2.45) is 0 Å². The molecule has 1 heterocycles. The monoisotopic (exact) mass is 345 g/mol. The second-order valence-electron chi connectivity index (χ2n) is 7.00. The van der Waals surface area contributed by atoms with Gasteiger partial charge in [0.2, 0.25) is 0 Å². The van der Waals surface area contributed by atoms with Crippen molar-refractivity contribution in [2.75, 3.05) is 0 Å². The molecular weight excluding hydrogens is 321 g/mol. The van der Waals surface area contributed by atoms with Crippen LogP contribution in [0.3, 0.4) is 0 Å². The number of rotatable bonds is 4. The summed E-state index contributed by atoms with van der Waals surface area (Å²) in [6, 6.07) is 26.1. The molecule has 25 heavy (non-hydrogen) atoms. The Morgan fingerprint density at radius 2 is 1.36 bits per heavy atom. The number of pyridine rings is 1. The molecule has 1 aliphatic rings. The van der Waals surface area contributed by atoms with Crippen molar-refractivity contribution >= 4 is 9.24 Å². The van der Waals surface area contributed by atoms with Crippen LogP contribution in [-0.2, 0) is 24.4 Å². The first-order chi connectivity index (χ1) is 12.3. The summed E-state index contributed by atoms with van der Waals surface area (Å²) in [6.07, 6.45) is 5.77. The van der Waals surface area contributed by atoms with Crippen LogP contribution in [0.5, 0.6) is 0 Å². The fourth-order valence-electron chi connectivity index (χ4n) is 3.85. The number of aromatic nitrogens is 1. The van der Waals surface area contributed by atoms with Crippen molar-refractivity contribution in [3.05, 3.63) is 101 Å². The van der Waals surface area contributed by atoms with E-state index in [1.54, 1.807) is 0 Å². The van der Waals surface area contributed by atoms with Crippen LogP contribution in [0.4, 0.5) is 0 Å². The normalized spacial score (nSPS) is 14.1. The number of nitrogens with zero attached hydrogens (tertiary/aromatic N) is 1. The minimum atomic E-state index is -0.154. The highest BCUT2D eigenvalue weighted by molar-refractivity contribution is 7.19. The average molecular weight is 345 g/mol. The standard InChI is InChI=1S/C23H24NP/c25-23(19-10-3-1-4-11-19,20-12-5-2-6-13-20)17-21-16-15-18-9-7-8-14-22(18)24-21/h1-6,10-13,15-16H,7-9,14,17,25H2. The summed E-state index contributed by atoms with van der Waals surface area (Å²) in [4.78, 5) is 5.04. The van der Waals surface area contributed by atoms with E-state index in [0.29, 0.717) is 0 Å². The summed E-state index contributed by atoms with van der Waals surface area (Å²) in [5, 5.41) is -0.154. The quantitative estimate of drug-likeness (QED) is 0.583. The molecule has 2 aromatic carbocycles. The van der Waals surface area contributed by atoms with Crippen molar-refractivity contribution in [1.29, 1.82) is 0 Å². The Balaban J connectivity index is 1.75. The van der Waals surface area contributed by atoms with Crippen molar-refractivity contribution in [3.63, 3.8) is 0 Å². The molecular formula is C23H24NP. The van der Waals surface area contributed by atoms with Gasteiger partial charge in [-0.1, -0.05) is 66.7 Å². The van der Waals surface area contributed by atoms with Gasteiger partial charge in [-0.3, -0.25) is 4.98 Å². The predicted molar refractivity (Wildman–Crippen MR) is 108 cm³/mol. The van der Waals surface area contributed by atoms with Gasteiger partial charge in [0.25, 0.3) is 0 Å². The van der Waals surface area contributed by atoms with E-state index in [1.807, 2.05) is 0 Å². The van der Waals surface area contributed by atoms with Gasteiger partial charge in [0.1, 0.15) is 0 Å². The fraction of sp³-hybridized carbons (Fsp3) is 0.261. The van der Waals surface area contributed by atoms with Crippen LogP contribution in [0.1, 0.15) is 40.9 Å². The second-order valence-corrected chi connectivity index (χ2v) is 7.98. The maximum Gasteiger partial charge on any atom is 0.0438 e. The maximum atomic E-state index is 5.04. The first kappa shape index (κ1) is 16.5. The van der Waals surface area contributed by atoms with E-state index in [4.69, 9.17) is 4.98 Å². The summed E-state index contributed by atoms with van der Waals surface area (Å²) >= 11 is 0. The fourth-order valence-corrected chi connectivity index (χ4v) is 4.45. The summed E-state index contributed by atoms with van der Waals surface area (Å²) in [7, 11) is 3.12. The topological polar surface area (TPSA) is 12.9 Å². The third kappa shape index (κ3) is 3.39. The lowest BCUT2D eigenvalue weighted by atomic mass is 9.85. The molecule has 0 radical (unpaired) electrons. The lowest BCUT2D eigenvalue weighted by molar-refractivity contribution is 0.652. The molecule has 0 fully saturated rings. The van der Waals surface area contributed by atoms with E-state index < -0.39 is 0 Å². The van der Waals surface area contributed by atoms with Crippen LogP contribution in [0, 0.1) is 0 Å². The first-order valence-electron chi connectivity index (χ1n) is 9.13. The Morgan fingerprint density at radius 1 is 0.760 bits per heavy atom. The summed E-state index contributed by atoms with van der Waals surface area (Å²) in [5.74, 6) is 0. The Hall–Kier alpha value is -1.98. The predicted octanol–water partition coefficient (Wildman–Crippen LogP) is 5.32. The van der Waals surface area contributed by atoms with Crippen molar-refractivity contribution < 1.29 is 0 Å². The van der Waals surface area contributed by atoms with Gasteiger partial charge in [-0.2, -0.15) is 0 Å². The Bertz CT molecular complexity index is 803. The van der Waals surface area contributed by atoms with E-state index in [-0.39, 0.29) is 5.16 Å². The van der Waals surface area contributed by atoms with Crippen LogP contribution in [0.15, 0.2) is 72.8 Å². The SMILES string of the molecule is PC(Cc1ccc2c(n1)CCCC2)(c1ccccc1)c1ccccc1. The number of benzene rings is 2. The molecule has 0 saturated heterocycles. The molecule has 2 heteroatoms. The lowest BCUT2D eigenvalue weighted by Crippen LogP contribution is -2.24. The molecule has 126 valence electrons. The first-order valence-corrected chi connectivity index (χ1v) is 9.71. The minimum absolute atomic E-state index is 0.154. The molecule has 0 aliphatic heterocycles. The third-order valence-electron chi connectivity index (χ3n) is 5.27. The summed E-state index contributed by atoms with van der Waals surface area (Å²) < 4.78 is 0. The van der Waals surface area contributed by atoms with Crippen LogP contribution in [0.2, 0.25) is 0 Å². The Kier molecular flexibility index (Phi) is 4.68. The van der Waals surface area contributed by atoms with Crippen LogP contribution in [-0.4, -0.2) is 4.98 Å². The van der Waals surface area contributed by atoms with Gasteiger partial charge in [0.15, 0.2) is 0 Å². The zero-order valence-electron chi connectivity index (χ0n) is 14.5. The van der Waals surface area contributed by atoms with Gasteiger partial charge < -0.3 is 0 Å². The van der Waals surface area contributed by atoms with E-state index in [1.165, 1.54) is 47.3 Å². The van der Waals surface area contributed by atoms with E-state index >= 15 is 0 Å². The molecule has 0 saturated carbocycles. The average Bonchev–Trinajstić information content (AvgIpc) is 2.69. The summed E-state index contributed by atoms with van der Waals surface area (Å²) in [5.41, 5.74) is 6.57. The minimum Gasteiger partial charge on any atom is -0.258 e. The lowest BCUT2D eigenvalue weighted by Gasteiger charge is -2.31. The zero-order valence-corrected chi connectivity index (χ0v) is 15.6. The molecule has 0 spiro atoms. The zero-order chi connectivity index (χ0) is 17.1. The molecule has 1 atom stereocenters. The van der Waals surface area contributed by atoms with Gasteiger partial charge in [0, 0.05) is 23.0 Å². The van der Waals surface area contributed by atoms with Gasteiger partial charge in [-0.15, -0.1) is 9.24 Å². The van der Waals surface area contributed by atoms with Gasteiger partial charge in [-0.05, 0) is 48.4 Å². The van der Waals surface area contributed by atoms with Gasteiger partial charge in [-0.25, -0.2) is 0 Å². The largest absolute Gasteiger partial charge is 0.258 e. The third-order valence-corrected chi connectivity index (χ3v) is 6.14. The molecule has 4 rings (SSSR count). The Morgan fingerprint density at radius 3 is 2.00 bits per heavy atom. The number of aryl methyl sites for hydroxylation is 2. The molecule has 3 aromatic rings. The highest BCUT2D eigenvalue weighted by atomic mass is 31.0. The van der Waals surface area contributed by atoms with E-state index in [9.17, 15) is 0 Å². The summed E-state index contributed by atoms with van der Waals surface area (Å²) in [6.45, 7) is 0. The molecule has 1 aromatic heterocycles. The van der Waals surface area contributed by atoms with Crippen LogP contribution in [0.25, 0.3) is 0 Å². The molecule has 1 unspecified atom stereocenters. The highest BCUT2D eigenvalue weighted by Crippen LogP contribution is 2.41. The van der Waals surface area contributed by atoms with Crippen molar-refractivity contribution in [3.8, 4) is 0 Å². The Labute approximate surface area is 152 Å². The van der Waals surface area contributed by atoms with E-state index in [2.05, 4.69) is 82.0 Å². The van der Waals surface area contributed by atoms with Crippen LogP contribution < -0.4 is 0 Å². The number of hydrogen-bond donors (Lipinski definition) is 0. The second kappa shape index (κ2) is 7.10. The van der Waals surface area contributed by atoms with Gasteiger partial charge >= 0.3 is 0 Å².